The lowest BCUT2D eigenvalue weighted by atomic mass is 9.78. The van der Waals surface area contributed by atoms with Crippen LogP contribution in [0.3, 0.4) is 0 Å². The molecule has 1 unspecified atom stereocenters. The molecule has 0 aromatic carbocycles. The molecule has 3 N–H and O–H groups in total. The van der Waals surface area contributed by atoms with Crippen molar-refractivity contribution < 1.29 is 13.7 Å². The van der Waals surface area contributed by atoms with E-state index >= 15 is 0 Å². The molecule has 1 saturated carbocycles. The number of carbonyl (C=O) groups excluding carboxylic acids is 1. The van der Waals surface area contributed by atoms with Gasteiger partial charge in [-0.15, -0.1) is 6.58 Å². The highest BCUT2D eigenvalue weighted by molar-refractivity contribution is 7.84. The molecule has 0 bridgehead atoms. The maximum Gasteiger partial charge on any atom is 0.404 e. The van der Waals surface area contributed by atoms with Crippen LogP contribution in [0.25, 0.3) is 0 Å². The van der Waals surface area contributed by atoms with Crippen molar-refractivity contribution in [2.75, 3.05) is 0 Å². The van der Waals surface area contributed by atoms with Gasteiger partial charge >= 0.3 is 6.09 Å². The standard InChI is InChI=1S/C13H24N2O3S/c1-5-10(15-19(17)13(2,3)4)6-9-7-11(8-9)18-12(14)16/h5,9-11,15H,1,6-8H2,2-4H3,(H2,14,16)/t9?,10-,11?,19?/m0/s1. The molecule has 0 aromatic heterocycles. The Hall–Kier alpha value is -0.880. The van der Waals surface area contributed by atoms with Crippen LogP contribution in [-0.4, -0.2) is 27.2 Å². The number of amides is 1. The highest BCUT2D eigenvalue weighted by atomic mass is 32.2. The Bertz CT molecular complexity index is 359. The SMILES string of the molecule is C=C[C@@H](CC1CC(OC(N)=O)C1)NS(=O)C(C)(C)C. The number of primary amides is 1. The molecule has 1 amide bonds. The second kappa shape index (κ2) is 6.52. The zero-order chi connectivity index (χ0) is 14.6. The summed E-state index contributed by atoms with van der Waals surface area (Å²) in [6.45, 7) is 9.55. The maximum atomic E-state index is 12.0. The first kappa shape index (κ1) is 16.2. The lowest BCUT2D eigenvalue weighted by Gasteiger charge is -2.36. The Morgan fingerprint density at radius 3 is 2.58 bits per heavy atom. The summed E-state index contributed by atoms with van der Waals surface area (Å²) in [5, 5.41) is 0. The number of ether oxygens (including phenoxy) is 1. The van der Waals surface area contributed by atoms with Crippen LogP contribution in [0, 0.1) is 5.92 Å². The van der Waals surface area contributed by atoms with E-state index in [1.807, 2.05) is 20.8 Å². The number of nitrogens with one attached hydrogen (secondary N) is 1. The Balaban J connectivity index is 2.33. The van der Waals surface area contributed by atoms with Gasteiger partial charge in [0.1, 0.15) is 6.10 Å². The topological polar surface area (TPSA) is 81.4 Å². The van der Waals surface area contributed by atoms with E-state index < -0.39 is 17.1 Å². The van der Waals surface area contributed by atoms with Crippen LogP contribution in [0.5, 0.6) is 0 Å². The zero-order valence-electron chi connectivity index (χ0n) is 11.8. The van der Waals surface area contributed by atoms with E-state index in [2.05, 4.69) is 11.3 Å². The van der Waals surface area contributed by atoms with Gasteiger partial charge in [0, 0.05) is 6.04 Å². The molecule has 2 atom stereocenters. The van der Waals surface area contributed by atoms with Crippen molar-refractivity contribution in [2.24, 2.45) is 11.7 Å². The van der Waals surface area contributed by atoms with Gasteiger partial charge in [-0.3, -0.25) is 0 Å². The van der Waals surface area contributed by atoms with Crippen molar-refractivity contribution in [1.29, 1.82) is 0 Å². The monoisotopic (exact) mass is 288 g/mol. The van der Waals surface area contributed by atoms with E-state index in [-0.39, 0.29) is 16.9 Å². The molecule has 1 aliphatic rings. The van der Waals surface area contributed by atoms with Crippen LogP contribution >= 0.6 is 0 Å². The highest BCUT2D eigenvalue weighted by Crippen LogP contribution is 2.33. The minimum atomic E-state index is -1.11. The number of hydrogen-bond acceptors (Lipinski definition) is 3. The Labute approximate surface area is 117 Å². The van der Waals surface area contributed by atoms with Crippen LogP contribution in [0.4, 0.5) is 4.79 Å². The van der Waals surface area contributed by atoms with Gasteiger partial charge in [0.05, 0.1) is 15.7 Å². The molecule has 5 nitrogen and oxygen atoms in total. The molecular weight excluding hydrogens is 264 g/mol. The average Bonchev–Trinajstić information content (AvgIpc) is 2.22. The molecule has 0 saturated heterocycles. The van der Waals surface area contributed by atoms with E-state index in [1.54, 1.807) is 6.08 Å². The van der Waals surface area contributed by atoms with Gasteiger partial charge < -0.3 is 10.5 Å². The van der Waals surface area contributed by atoms with Gasteiger partial charge in [-0.05, 0) is 46.0 Å². The van der Waals surface area contributed by atoms with Crippen molar-refractivity contribution in [1.82, 2.24) is 4.72 Å². The molecule has 1 rings (SSSR count). The smallest absolute Gasteiger partial charge is 0.404 e. The fourth-order valence-electron chi connectivity index (χ4n) is 1.99. The van der Waals surface area contributed by atoms with Crippen LogP contribution in [0.15, 0.2) is 12.7 Å². The molecular formula is C13H24N2O3S. The minimum absolute atomic E-state index is 0.0135. The van der Waals surface area contributed by atoms with Crippen LogP contribution in [0.1, 0.15) is 40.0 Å². The predicted molar refractivity (Wildman–Crippen MR) is 76.8 cm³/mol. The number of rotatable bonds is 6. The van der Waals surface area contributed by atoms with Crippen LogP contribution in [-0.2, 0) is 15.7 Å². The van der Waals surface area contributed by atoms with Crippen molar-refractivity contribution in [3.05, 3.63) is 12.7 Å². The van der Waals surface area contributed by atoms with E-state index in [4.69, 9.17) is 10.5 Å². The fraction of sp³-hybridized carbons (Fsp3) is 0.769. The molecule has 19 heavy (non-hydrogen) atoms. The second-order valence-electron chi connectivity index (χ2n) is 5.97. The van der Waals surface area contributed by atoms with E-state index in [1.165, 1.54) is 0 Å². The summed E-state index contributed by atoms with van der Waals surface area (Å²) in [7, 11) is -1.11. The molecule has 6 heteroatoms. The van der Waals surface area contributed by atoms with Crippen molar-refractivity contribution in [2.45, 2.75) is 56.9 Å². The minimum Gasteiger partial charge on any atom is -0.446 e. The predicted octanol–water partition coefficient (Wildman–Crippen LogP) is 1.86. The molecule has 1 aliphatic carbocycles. The molecule has 0 aliphatic heterocycles. The van der Waals surface area contributed by atoms with Gasteiger partial charge in [-0.1, -0.05) is 6.08 Å². The molecule has 1 fully saturated rings. The fourth-order valence-corrected chi connectivity index (χ4v) is 2.81. The third kappa shape index (κ3) is 5.32. The first-order valence-corrected chi connectivity index (χ1v) is 7.64. The molecule has 0 radical (unpaired) electrons. The third-order valence-electron chi connectivity index (χ3n) is 3.16. The van der Waals surface area contributed by atoms with Crippen LogP contribution < -0.4 is 10.5 Å². The summed E-state index contributed by atoms with van der Waals surface area (Å²) in [6, 6.07) is 0.0135. The van der Waals surface area contributed by atoms with Gasteiger partial charge in [0.15, 0.2) is 0 Å². The van der Waals surface area contributed by atoms with Gasteiger partial charge in [0.25, 0.3) is 0 Å². The summed E-state index contributed by atoms with van der Waals surface area (Å²) in [5.74, 6) is 0.455. The Kier molecular flexibility index (Phi) is 5.55. The Morgan fingerprint density at radius 1 is 1.58 bits per heavy atom. The number of carbonyl (C=O) groups is 1. The maximum absolute atomic E-state index is 12.0. The summed E-state index contributed by atoms with van der Waals surface area (Å²) in [6.07, 6.45) is 3.50. The summed E-state index contributed by atoms with van der Waals surface area (Å²) in [4.78, 5) is 10.6. The molecule has 0 heterocycles. The van der Waals surface area contributed by atoms with E-state index in [0.29, 0.717) is 5.92 Å². The lowest BCUT2D eigenvalue weighted by molar-refractivity contribution is 0.0183. The quantitative estimate of drug-likeness (QED) is 0.732. The first-order chi connectivity index (χ1) is 8.72. The molecule has 110 valence electrons. The van der Waals surface area contributed by atoms with Crippen molar-refractivity contribution in [3.63, 3.8) is 0 Å². The second-order valence-corrected chi connectivity index (χ2v) is 7.97. The first-order valence-electron chi connectivity index (χ1n) is 6.49. The zero-order valence-corrected chi connectivity index (χ0v) is 12.7. The summed E-state index contributed by atoms with van der Waals surface area (Å²) < 4.78 is 19.7. The van der Waals surface area contributed by atoms with E-state index in [9.17, 15) is 9.00 Å². The average molecular weight is 288 g/mol. The third-order valence-corrected chi connectivity index (χ3v) is 4.79. The van der Waals surface area contributed by atoms with Gasteiger partial charge in [0.2, 0.25) is 0 Å². The molecule has 0 aromatic rings. The number of nitrogens with two attached hydrogens (primary N) is 1. The van der Waals surface area contributed by atoms with Gasteiger partial charge in [-0.2, -0.15) is 0 Å². The highest BCUT2D eigenvalue weighted by Gasteiger charge is 2.33. The van der Waals surface area contributed by atoms with Crippen LogP contribution in [0.2, 0.25) is 0 Å². The number of hydrogen-bond donors (Lipinski definition) is 2. The van der Waals surface area contributed by atoms with E-state index in [0.717, 1.165) is 19.3 Å². The van der Waals surface area contributed by atoms with Gasteiger partial charge in [-0.25, -0.2) is 13.7 Å². The summed E-state index contributed by atoms with van der Waals surface area (Å²) >= 11 is 0. The summed E-state index contributed by atoms with van der Waals surface area (Å²) in [5.41, 5.74) is 4.96. The van der Waals surface area contributed by atoms with Crippen molar-refractivity contribution in [3.8, 4) is 0 Å². The normalized spacial score (nSPS) is 26.1. The Morgan fingerprint density at radius 2 is 2.16 bits per heavy atom. The lowest BCUT2D eigenvalue weighted by Crippen LogP contribution is -2.42. The van der Waals surface area contributed by atoms with Crippen molar-refractivity contribution >= 4 is 17.1 Å². The largest absolute Gasteiger partial charge is 0.446 e. The molecule has 0 spiro atoms.